The molecule has 0 aliphatic carbocycles. The fourth-order valence-electron chi connectivity index (χ4n) is 1.36. The van der Waals surface area contributed by atoms with Crippen LogP contribution in [0.5, 0.6) is 5.75 Å². The first-order valence-electron chi connectivity index (χ1n) is 5.31. The molecule has 108 valence electrons. The first-order valence-corrected chi connectivity index (χ1v) is 6.10. The molecule has 1 aromatic heterocycles. The van der Waals surface area contributed by atoms with Crippen LogP contribution in [0.15, 0.2) is 27.2 Å². The highest BCUT2D eigenvalue weighted by molar-refractivity contribution is 9.10. The van der Waals surface area contributed by atoms with E-state index in [1.165, 1.54) is 6.07 Å². The van der Waals surface area contributed by atoms with Gasteiger partial charge in [-0.15, -0.1) is 0 Å². The standard InChI is InChI=1S/C11H8BrF3N2O3/c12-6-1-2-8(18)7(3-6)10-16-9(17-20-10)4-19-5-11(13,14)15/h1-3,18H,4-5H2. The molecule has 0 radical (unpaired) electrons. The molecule has 0 saturated heterocycles. The number of halogens is 4. The molecule has 0 atom stereocenters. The molecular weight excluding hydrogens is 345 g/mol. The smallest absolute Gasteiger partial charge is 0.411 e. The second-order valence-electron chi connectivity index (χ2n) is 3.79. The second kappa shape index (κ2) is 5.80. The Labute approximate surface area is 119 Å². The fourth-order valence-corrected chi connectivity index (χ4v) is 1.72. The maximum atomic E-state index is 11.9. The Balaban J connectivity index is 2.07. The van der Waals surface area contributed by atoms with Gasteiger partial charge in [0.15, 0.2) is 5.82 Å². The summed E-state index contributed by atoms with van der Waals surface area (Å²) in [7, 11) is 0. The van der Waals surface area contributed by atoms with Gasteiger partial charge >= 0.3 is 6.18 Å². The number of hydrogen-bond donors (Lipinski definition) is 1. The predicted octanol–water partition coefficient (Wildman–Crippen LogP) is 3.28. The molecule has 1 heterocycles. The number of nitrogens with zero attached hydrogens (tertiary/aromatic N) is 2. The number of phenolic OH excluding ortho intramolecular Hbond substituents is 1. The zero-order valence-electron chi connectivity index (χ0n) is 9.82. The van der Waals surface area contributed by atoms with Gasteiger partial charge in [-0.05, 0) is 18.2 Å². The zero-order valence-corrected chi connectivity index (χ0v) is 11.4. The molecule has 1 N–H and O–H groups in total. The number of rotatable bonds is 4. The Morgan fingerprint density at radius 1 is 1.35 bits per heavy atom. The molecule has 2 rings (SSSR count). The van der Waals surface area contributed by atoms with Crippen molar-refractivity contribution in [2.24, 2.45) is 0 Å². The van der Waals surface area contributed by atoms with E-state index in [0.717, 1.165) is 0 Å². The fraction of sp³-hybridized carbons (Fsp3) is 0.273. The lowest BCUT2D eigenvalue weighted by molar-refractivity contribution is -0.177. The van der Waals surface area contributed by atoms with Gasteiger partial charge in [-0.3, -0.25) is 0 Å². The van der Waals surface area contributed by atoms with Gasteiger partial charge in [0.25, 0.3) is 5.89 Å². The topological polar surface area (TPSA) is 68.4 Å². The number of benzene rings is 1. The van der Waals surface area contributed by atoms with E-state index in [2.05, 4.69) is 30.8 Å². The molecule has 9 heteroatoms. The molecule has 20 heavy (non-hydrogen) atoms. The van der Waals surface area contributed by atoms with Crippen molar-refractivity contribution in [3.8, 4) is 17.2 Å². The van der Waals surface area contributed by atoms with Gasteiger partial charge in [0, 0.05) is 4.47 Å². The van der Waals surface area contributed by atoms with E-state index in [4.69, 9.17) is 4.52 Å². The third kappa shape index (κ3) is 3.94. The van der Waals surface area contributed by atoms with Crippen molar-refractivity contribution in [1.82, 2.24) is 10.1 Å². The Bertz CT molecular complexity index is 601. The minimum Gasteiger partial charge on any atom is -0.507 e. The minimum absolute atomic E-state index is 0.00518. The molecule has 0 unspecified atom stereocenters. The lowest BCUT2D eigenvalue weighted by Gasteiger charge is -2.04. The number of aromatic hydroxyl groups is 1. The summed E-state index contributed by atoms with van der Waals surface area (Å²) in [5, 5.41) is 13.1. The SMILES string of the molecule is Oc1ccc(Br)cc1-c1nc(COCC(F)(F)F)no1. The van der Waals surface area contributed by atoms with E-state index in [9.17, 15) is 18.3 Å². The number of aromatic nitrogens is 2. The van der Waals surface area contributed by atoms with Gasteiger partial charge < -0.3 is 14.4 Å². The Morgan fingerprint density at radius 2 is 2.10 bits per heavy atom. The summed E-state index contributed by atoms with van der Waals surface area (Å²) >= 11 is 3.21. The molecule has 5 nitrogen and oxygen atoms in total. The molecule has 0 saturated carbocycles. The molecule has 0 bridgehead atoms. The van der Waals surface area contributed by atoms with Crippen LogP contribution in [0, 0.1) is 0 Å². The highest BCUT2D eigenvalue weighted by Gasteiger charge is 2.27. The van der Waals surface area contributed by atoms with Crippen molar-refractivity contribution in [2.45, 2.75) is 12.8 Å². The monoisotopic (exact) mass is 352 g/mol. The molecule has 0 spiro atoms. The first-order chi connectivity index (χ1) is 9.35. The summed E-state index contributed by atoms with van der Waals surface area (Å²) < 4.78 is 45.6. The van der Waals surface area contributed by atoms with E-state index in [0.29, 0.717) is 4.47 Å². The third-order valence-electron chi connectivity index (χ3n) is 2.15. The van der Waals surface area contributed by atoms with Crippen LogP contribution in [0.2, 0.25) is 0 Å². The van der Waals surface area contributed by atoms with Crippen LogP contribution >= 0.6 is 15.9 Å². The first kappa shape index (κ1) is 14.8. The molecule has 2 aromatic rings. The average molecular weight is 353 g/mol. The van der Waals surface area contributed by atoms with Crippen LogP contribution in [0.3, 0.4) is 0 Å². The average Bonchev–Trinajstić information content (AvgIpc) is 2.79. The Hall–Kier alpha value is -1.61. The van der Waals surface area contributed by atoms with Crippen molar-refractivity contribution >= 4 is 15.9 Å². The third-order valence-corrected chi connectivity index (χ3v) is 2.65. The molecule has 0 fully saturated rings. The lowest BCUT2D eigenvalue weighted by Crippen LogP contribution is -2.16. The van der Waals surface area contributed by atoms with Crippen LogP contribution in [0.1, 0.15) is 5.82 Å². The van der Waals surface area contributed by atoms with Crippen LogP contribution in [-0.4, -0.2) is 28.0 Å². The van der Waals surface area contributed by atoms with Gasteiger partial charge in [0.1, 0.15) is 19.0 Å². The summed E-state index contributed by atoms with van der Waals surface area (Å²) in [5.74, 6) is -0.127. The van der Waals surface area contributed by atoms with Crippen molar-refractivity contribution in [3.05, 3.63) is 28.5 Å². The number of hydrogen-bond acceptors (Lipinski definition) is 5. The van der Waals surface area contributed by atoms with E-state index < -0.39 is 19.4 Å². The number of ether oxygens (including phenoxy) is 1. The quantitative estimate of drug-likeness (QED) is 0.914. The van der Waals surface area contributed by atoms with Gasteiger partial charge in [-0.2, -0.15) is 18.2 Å². The molecule has 0 amide bonds. The summed E-state index contributed by atoms with van der Waals surface area (Å²) in [6.07, 6.45) is -4.41. The van der Waals surface area contributed by atoms with Gasteiger partial charge in [0.05, 0.1) is 5.56 Å². The normalized spacial score (nSPS) is 11.8. The molecule has 0 aliphatic heterocycles. The highest BCUT2D eigenvalue weighted by atomic mass is 79.9. The molecule has 1 aromatic carbocycles. The van der Waals surface area contributed by atoms with Crippen LogP contribution in [0.25, 0.3) is 11.5 Å². The van der Waals surface area contributed by atoms with E-state index in [1.807, 2.05) is 0 Å². The summed E-state index contributed by atoms with van der Waals surface area (Å²) in [5.41, 5.74) is 0.272. The number of alkyl halides is 3. The van der Waals surface area contributed by atoms with E-state index in [-0.39, 0.29) is 23.0 Å². The van der Waals surface area contributed by atoms with Crippen molar-refractivity contribution in [2.75, 3.05) is 6.61 Å². The lowest BCUT2D eigenvalue weighted by atomic mass is 10.2. The van der Waals surface area contributed by atoms with Gasteiger partial charge in [0.2, 0.25) is 0 Å². The van der Waals surface area contributed by atoms with Crippen molar-refractivity contribution < 1.29 is 27.5 Å². The highest BCUT2D eigenvalue weighted by Crippen LogP contribution is 2.30. The van der Waals surface area contributed by atoms with Gasteiger partial charge in [-0.25, -0.2) is 0 Å². The Morgan fingerprint density at radius 3 is 2.80 bits per heavy atom. The summed E-state index contributed by atoms with van der Waals surface area (Å²) in [6, 6.07) is 4.58. The minimum atomic E-state index is -4.41. The zero-order chi connectivity index (χ0) is 14.8. The predicted molar refractivity (Wildman–Crippen MR) is 64.8 cm³/mol. The van der Waals surface area contributed by atoms with Crippen LogP contribution in [-0.2, 0) is 11.3 Å². The van der Waals surface area contributed by atoms with Crippen molar-refractivity contribution in [1.29, 1.82) is 0 Å². The summed E-state index contributed by atoms with van der Waals surface area (Å²) in [4.78, 5) is 3.85. The second-order valence-corrected chi connectivity index (χ2v) is 4.70. The largest absolute Gasteiger partial charge is 0.507 e. The summed E-state index contributed by atoms with van der Waals surface area (Å²) in [6.45, 7) is -1.82. The van der Waals surface area contributed by atoms with Crippen LogP contribution < -0.4 is 0 Å². The van der Waals surface area contributed by atoms with Gasteiger partial charge in [-0.1, -0.05) is 21.1 Å². The molecular formula is C11H8BrF3N2O3. The Kier molecular flexibility index (Phi) is 4.29. The van der Waals surface area contributed by atoms with E-state index >= 15 is 0 Å². The maximum absolute atomic E-state index is 11.9. The van der Waals surface area contributed by atoms with Crippen LogP contribution in [0.4, 0.5) is 13.2 Å². The number of phenols is 1. The maximum Gasteiger partial charge on any atom is 0.411 e. The molecule has 0 aliphatic rings. The van der Waals surface area contributed by atoms with E-state index in [1.54, 1.807) is 12.1 Å². The van der Waals surface area contributed by atoms with Crippen molar-refractivity contribution in [3.63, 3.8) is 0 Å².